The summed E-state index contributed by atoms with van der Waals surface area (Å²) in [5, 5.41) is 11.1. The van der Waals surface area contributed by atoms with Crippen LogP contribution < -0.4 is 11.1 Å². The van der Waals surface area contributed by atoms with Crippen LogP contribution in [0.4, 0.5) is 4.79 Å². The number of carbonyl (C=O) groups is 3. The summed E-state index contributed by atoms with van der Waals surface area (Å²) < 4.78 is 4.88. The van der Waals surface area contributed by atoms with E-state index in [0.29, 0.717) is 5.56 Å². The predicted octanol–water partition coefficient (Wildman–Crippen LogP) is -0.519. The molecule has 0 unspecified atom stereocenters. The van der Waals surface area contributed by atoms with Crippen LogP contribution in [-0.2, 0) is 20.9 Å². The highest BCUT2D eigenvalue weighted by Crippen LogP contribution is 2.17. The van der Waals surface area contributed by atoms with Gasteiger partial charge in [0.2, 0.25) is 11.8 Å². The van der Waals surface area contributed by atoms with E-state index in [2.05, 4.69) is 5.32 Å². The van der Waals surface area contributed by atoms with Crippen LogP contribution in [0, 0.1) is 11.3 Å². The third-order valence-corrected chi connectivity index (χ3v) is 3.15. The van der Waals surface area contributed by atoms with Crippen molar-refractivity contribution < 1.29 is 19.1 Å². The van der Waals surface area contributed by atoms with E-state index in [1.807, 2.05) is 6.07 Å². The number of nitriles is 1. The van der Waals surface area contributed by atoms with E-state index in [-0.39, 0.29) is 19.7 Å². The first kappa shape index (κ1) is 15.3. The fourth-order valence-corrected chi connectivity index (χ4v) is 2.02. The lowest BCUT2D eigenvalue weighted by Gasteiger charge is -2.20. The van der Waals surface area contributed by atoms with Crippen LogP contribution in [0.15, 0.2) is 24.3 Å². The van der Waals surface area contributed by atoms with E-state index >= 15 is 0 Å². The molecule has 0 radical (unpaired) electrons. The number of primary amides is 1. The molecule has 8 nitrogen and oxygen atoms in total. The molecule has 0 bridgehead atoms. The highest BCUT2D eigenvalue weighted by molar-refractivity contribution is 5.90. The Balaban J connectivity index is 2.05. The van der Waals surface area contributed by atoms with Gasteiger partial charge in [-0.05, 0) is 17.7 Å². The first-order chi connectivity index (χ1) is 10.5. The highest BCUT2D eigenvalue weighted by atomic mass is 16.6. The molecule has 2 rings (SSSR count). The molecule has 3 N–H and O–H groups in total. The van der Waals surface area contributed by atoms with Gasteiger partial charge in [0.15, 0.2) is 0 Å². The number of nitrogens with one attached hydrogen (secondary N) is 1. The van der Waals surface area contributed by atoms with E-state index in [4.69, 9.17) is 15.7 Å². The molecule has 0 aromatic heterocycles. The molecule has 1 atom stereocenters. The number of hydrogen-bond donors (Lipinski definition) is 2. The molecule has 114 valence electrons. The molecule has 1 aromatic rings. The van der Waals surface area contributed by atoms with Gasteiger partial charge >= 0.3 is 6.09 Å². The summed E-state index contributed by atoms with van der Waals surface area (Å²) in [5.74, 6) is -1.17. The van der Waals surface area contributed by atoms with Crippen LogP contribution in [0.3, 0.4) is 0 Å². The summed E-state index contributed by atoms with van der Waals surface area (Å²) in [6.07, 6.45) is -0.608. The minimum Gasteiger partial charge on any atom is -0.447 e. The molecule has 3 amide bonds. The van der Waals surface area contributed by atoms with Crippen molar-refractivity contribution in [2.24, 2.45) is 5.73 Å². The third kappa shape index (κ3) is 3.52. The van der Waals surface area contributed by atoms with Crippen LogP contribution in [0.5, 0.6) is 0 Å². The molecule has 1 aromatic carbocycles. The zero-order valence-corrected chi connectivity index (χ0v) is 11.6. The average Bonchev–Trinajstić information content (AvgIpc) is 2.87. The largest absolute Gasteiger partial charge is 0.447 e. The number of nitrogens with zero attached hydrogens (tertiary/aromatic N) is 2. The Kier molecular flexibility index (Phi) is 4.58. The zero-order valence-electron chi connectivity index (χ0n) is 11.6. The van der Waals surface area contributed by atoms with Crippen LogP contribution in [-0.4, -0.2) is 42.0 Å². The van der Waals surface area contributed by atoms with Crippen molar-refractivity contribution in [3.8, 4) is 6.07 Å². The normalized spacial score (nSPS) is 16.8. The van der Waals surface area contributed by atoms with Crippen molar-refractivity contribution in [3.63, 3.8) is 0 Å². The van der Waals surface area contributed by atoms with Crippen molar-refractivity contribution in [1.82, 2.24) is 10.2 Å². The summed E-state index contributed by atoms with van der Waals surface area (Å²) in [4.78, 5) is 35.6. The molecule has 1 saturated heterocycles. The maximum absolute atomic E-state index is 12.0. The van der Waals surface area contributed by atoms with Gasteiger partial charge in [0.05, 0.1) is 24.7 Å². The van der Waals surface area contributed by atoms with Gasteiger partial charge in [0, 0.05) is 0 Å². The molecule has 1 fully saturated rings. The lowest BCUT2D eigenvalue weighted by Crippen LogP contribution is -2.47. The Hall–Kier alpha value is -3.08. The van der Waals surface area contributed by atoms with E-state index in [9.17, 15) is 14.4 Å². The van der Waals surface area contributed by atoms with Gasteiger partial charge in [0.25, 0.3) is 0 Å². The lowest BCUT2D eigenvalue weighted by molar-refractivity contribution is -0.127. The van der Waals surface area contributed by atoms with Gasteiger partial charge in [-0.1, -0.05) is 12.1 Å². The van der Waals surface area contributed by atoms with Gasteiger partial charge in [-0.25, -0.2) is 4.79 Å². The van der Waals surface area contributed by atoms with Crippen molar-refractivity contribution >= 4 is 17.9 Å². The SMILES string of the molecule is N#Cc1ccc(CN2C(=O)OC[C@H]2C(=O)NCC(N)=O)cc1. The van der Waals surface area contributed by atoms with Crippen molar-refractivity contribution in [2.75, 3.05) is 13.2 Å². The van der Waals surface area contributed by atoms with E-state index in [0.717, 1.165) is 5.56 Å². The minimum atomic E-state index is -0.817. The van der Waals surface area contributed by atoms with Crippen molar-refractivity contribution in [1.29, 1.82) is 5.26 Å². The number of rotatable bonds is 5. The number of benzene rings is 1. The van der Waals surface area contributed by atoms with Crippen LogP contribution in [0.2, 0.25) is 0 Å². The Morgan fingerprint density at radius 3 is 2.68 bits per heavy atom. The molecule has 8 heteroatoms. The standard InChI is InChI=1S/C14H14N4O4/c15-5-9-1-3-10(4-2-9)7-18-11(8-22-14(18)21)13(20)17-6-12(16)19/h1-4,11H,6-8H2,(H2,16,19)(H,17,20)/t11-/m0/s1. The van der Waals surface area contributed by atoms with Gasteiger partial charge in [-0.2, -0.15) is 5.26 Å². The van der Waals surface area contributed by atoms with Gasteiger partial charge in [0.1, 0.15) is 12.6 Å². The first-order valence-electron chi connectivity index (χ1n) is 6.49. The average molecular weight is 302 g/mol. The summed E-state index contributed by atoms with van der Waals surface area (Å²) >= 11 is 0. The summed E-state index contributed by atoms with van der Waals surface area (Å²) in [6.45, 7) is -0.215. The van der Waals surface area contributed by atoms with Gasteiger partial charge in [-0.3, -0.25) is 14.5 Å². The Bertz CT molecular complexity index is 635. The fourth-order valence-electron chi connectivity index (χ4n) is 2.02. The topological polar surface area (TPSA) is 126 Å². The monoisotopic (exact) mass is 302 g/mol. The molecule has 0 aliphatic carbocycles. The molecule has 0 saturated carbocycles. The molecule has 1 aliphatic heterocycles. The predicted molar refractivity (Wildman–Crippen MR) is 74.0 cm³/mol. The van der Waals surface area contributed by atoms with Crippen molar-refractivity contribution in [3.05, 3.63) is 35.4 Å². The maximum atomic E-state index is 12.0. The number of ether oxygens (including phenoxy) is 1. The minimum absolute atomic E-state index is 0.0836. The second-order valence-electron chi connectivity index (χ2n) is 4.71. The van der Waals surface area contributed by atoms with Gasteiger partial charge in [-0.15, -0.1) is 0 Å². The maximum Gasteiger partial charge on any atom is 0.410 e. The Labute approximate surface area is 126 Å². The fraction of sp³-hybridized carbons (Fsp3) is 0.286. The van der Waals surface area contributed by atoms with E-state index in [1.54, 1.807) is 24.3 Å². The van der Waals surface area contributed by atoms with Crippen LogP contribution in [0.1, 0.15) is 11.1 Å². The highest BCUT2D eigenvalue weighted by Gasteiger charge is 2.37. The second kappa shape index (κ2) is 6.58. The Morgan fingerprint density at radius 1 is 1.41 bits per heavy atom. The van der Waals surface area contributed by atoms with E-state index in [1.165, 1.54) is 4.90 Å². The molecule has 1 heterocycles. The third-order valence-electron chi connectivity index (χ3n) is 3.15. The molecule has 1 aliphatic rings. The Morgan fingerprint density at radius 2 is 2.09 bits per heavy atom. The first-order valence-corrected chi connectivity index (χ1v) is 6.49. The molecule has 0 spiro atoms. The summed E-state index contributed by atoms with van der Waals surface area (Å²) in [7, 11) is 0. The second-order valence-corrected chi connectivity index (χ2v) is 4.71. The summed E-state index contributed by atoms with van der Waals surface area (Å²) in [6, 6.07) is 7.82. The van der Waals surface area contributed by atoms with E-state index < -0.39 is 23.9 Å². The number of nitrogens with two attached hydrogens (primary N) is 1. The number of hydrogen-bond acceptors (Lipinski definition) is 5. The smallest absolute Gasteiger partial charge is 0.410 e. The number of amides is 3. The summed E-state index contributed by atoms with van der Waals surface area (Å²) in [5.41, 5.74) is 6.22. The quantitative estimate of drug-likeness (QED) is 0.757. The van der Waals surface area contributed by atoms with Crippen LogP contribution >= 0.6 is 0 Å². The van der Waals surface area contributed by atoms with Gasteiger partial charge < -0.3 is 15.8 Å². The lowest BCUT2D eigenvalue weighted by atomic mass is 10.1. The number of carbonyl (C=O) groups excluding carboxylic acids is 3. The van der Waals surface area contributed by atoms with Crippen molar-refractivity contribution in [2.45, 2.75) is 12.6 Å². The number of cyclic esters (lactones) is 1. The molecular weight excluding hydrogens is 288 g/mol. The zero-order chi connectivity index (χ0) is 16.1. The molecule has 22 heavy (non-hydrogen) atoms. The molecular formula is C14H14N4O4. The van der Waals surface area contributed by atoms with Crippen LogP contribution in [0.25, 0.3) is 0 Å².